The zero-order valence-corrected chi connectivity index (χ0v) is 16.3. The molecule has 2 aliphatic heterocycles. The number of carbonyl (C=O) groups is 1. The van der Waals surface area contributed by atoms with Gasteiger partial charge in [0.05, 0.1) is 5.92 Å². The van der Waals surface area contributed by atoms with Crippen molar-refractivity contribution in [2.75, 3.05) is 32.7 Å². The van der Waals surface area contributed by atoms with E-state index in [9.17, 15) is 9.18 Å². The normalized spacial score (nSPS) is 24.2. The van der Waals surface area contributed by atoms with Crippen LogP contribution in [0.15, 0.2) is 24.3 Å². The van der Waals surface area contributed by atoms with Crippen molar-refractivity contribution < 1.29 is 9.18 Å². The van der Waals surface area contributed by atoms with Crippen LogP contribution in [0.4, 0.5) is 4.39 Å². The van der Waals surface area contributed by atoms with Crippen LogP contribution >= 0.6 is 24.8 Å². The number of nitrogens with zero attached hydrogens (tertiary/aromatic N) is 2. The van der Waals surface area contributed by atoms with Gasteiger partial charge in [0.15, 0.2) is 0 Å². The summed E-state index contributed by atoms with van der Waals surface area (Å²) < 4.78 is 13.3. The van der Waals surface area contributed by atoms with Gasteiger partial charge in [0.25, 0.3) is 0 Å². The van der Waals surface area contributed by atoms with Gasteiger partial charge in [0.1, 0.15) is 5.82 Å². The van der Waals surface area contributed by atoms with Gasteiger partial charge < -0.3 is 10.2 Å². The molecule has 0 bridgehead atoms. The molecular weight excluding hydrogens is 364 g/mol. The first-order valence-corrected chi connectivity index (χ1v) is 8.61. The molecule has 2 aliphatic rings. The summed E-state index contributed by atoms with van der Waals surface area (Å²) in [5.74, 6) is 0.183. The van der Waals surface area contributed by atoms with E-state index < -0.39 is 0 Å². The van der Waals surface area contributed by atoms with Gasteiger partial charge in [-0.2, -0.15) is 0 Å². The number of hydrogen-bond donors (Lipinski definition) is 1. The van der Waals surface area contributed by atoms with Gasteiger partial charge in [-0.1, -0.05) is 12.1 Å². The molecule has 0 aliphatic carbocycles. The lowest BCUT2D eigenvalue weighted by atomic mass is 9.95. The summed E-state index contributed by atoms with van der Waals surface area (Å²) in [6.07, 6.45) is 2.00. The second-order valence-electron chi connectivity index (χ2n) is 6.79. The molecule has 2 fully saturated rings. The van der Waals surface area contributed by atoms with Crippen LogP contribution in [0.25, 0.3) is 0 Å². The van der Waals surface area contributed by atoms with E-state index in [4.69, 9.17) is 0 Å². The Morgan fingerprint density at radius 3 is 2.84 bits per heavy atom. The Hall–Kier alpha value is -0.880. The monoisotopic (exact) mass is 391 g/mol. The maximum atomic E-state index is 13.3. The molecule has 0 saturated carbocycles. The minimum Gasteiger partial charge on any atom is -0.337 e. The number of carbonyl (C=O) groups excluding carboxylic acids is 1. The molecule has 25 heavy (non-hydrogen) atoms. The largest absolute Gasteiger partial charge is 0.337 e. The lowest BCUT2D eigenvalue weighted by Gasteiger charge is -2.39. The van der Waals surface area contributed by atoms with Gasteiger partial charge in [-0.15, -0.1) is 24.8 Å². The van der Waals surface area contributed by atoms with Gasteiger partial charge in [-0.05, 0) is 44.0 Å². The molecule has 1 N–H and O–H groups in total. The van der Waals surface area contributed by atoms with Crippen LogP contribution in [0.3, 0.4) is 0 Å². The summed E-state index contributed by atoms with van der Waals surface area (Å²) >= 11 is 0. The standard InChI is InChI=1S/C18H26FN3O.2ClH/c1-14-11-20-7-9-22(14)18(23)16-5-3-8-21(13-16)12-15-4-2-6-17(19)10-15;;/h2,4,6,10,14,16,20H,3,5,7-9,11-13H2,1H3;2*1H/t14-,16?;;/m1../s1. The Kier molecular flexibility index (Phi) is 9.14. The zero-order valence-electron chi connectivity index (χ0n) is 14.6. The zero-order chi connectivity index (χ0) is 16.2. The predicted molar refractivity (Wildman–Crippen MR) is 103 cm³/mol. The van der Waals surface area contributed by atoms with E-state index in [0.29, 0.717) is 5.91 Å². The maximum absolute atomic E-state index is 13.3. The molecule has 3 rings (SSSR count). The molecular formula is C18H28Cl2FN3O. The van der Waals surface area contributed by atoms with Crippen molar-refractivity contribution in [3.8, 4) is 0 Å². The number of amides is 1. The summed E-state index contributed by atoms with van der Waals surface area (Å²) in [7, 11) is 0. The van der Waals surface area contributed by atoms with Crippen molar-refractivity contribution in [1.82, 2.24) is 15.1 Å². The smallest absolute Gasteiger partial charge is 0.227 e. The summed E-state index contributed by atoms with van der Waals surface area (Å²) in [6, 6.07) is 7.03. The SMILES string of the molecule is C[C@@H]1CNCCN1C(=O)C1CCCN(Cc2cccc(F)c2)C1.Cl.Cl. The van der Waals surface area contributed by atoms with Crippen LogP contribution in [-0.2, 0) is 11.3 Å². The third kappa shape index (κ3) is 5.81. The van der Waals surface area contributed by atoms with Crippen LogP contribution in [-0.4, -0.2) is 54.5 Å². The molecule has 142 valence electrons. The molecule has 4 nitrogen and oxygen atoms in total. The van der Waals surface area contributed by atoms with Gasteiger partial charge in [-0.3, -0.25) is 9.69 Å². The number of benzene rings is 1. The Labute approximate surface area is 162 Å². The predicted octanol–water partition coefficient (Wildman–Crippen LogP) is 2.70. The van der Waals surface area contributed by atoms with Gasteiger partial charge in [-0.25, -0.2) is 4.39 Å². The highest BCUT2D eigenvalue weighted by Gasteiger charge is 2.32. The van der Waals surface area contributed by atoms with E-state index in [-0.39, 0.29) is 42.6 Å². The van der Waals surface area contributed by atoms with Crippen molar-refractivity contribution in [3.63, 3.8) is 0 Å². The molecule has 0 spiro atoms. The fourth-order valence-electron chi connectivity index (χ4n) is 3.70. The lowest BCUT2D eigenvalue weighted by Crippen LogP contribution is -2.55. The van der Waals surface area contributed by atoms with E-state index in [1.54, 1.807) is 12.1 Å². The van der Waals surface area contributed by atoms with Crippen LogP contribution < -0.4 is 5.32 Å². The summed E-state index contributed by atoms with van der Waals surface area (Å²) in [5.41, 5.74) is 0.980. The van der Waals surface area contributed by atoms with E-state index in [2.05, 4.69) is 17.1 Å². The van der Waals surface area contributed by atoms with Crippen LogP contribution in [0.5, 0.6) is 0 Å². The average Bonchev–Trinajstić information content (AvgIpc) is 2.55. The van der Waals surface area contributed by atoms with Crippen molar-refractivity contribution in [1.29, 1.82) is 0 Å². The summed E-state index contributed by atoms with van der Waals surface area (Å²) in [5, 5.41) is 3.33. The number of piperazine rings is 1. The lowest BCUT2D eigenvalue weighted by molar-refractivity contribution is -0.140. The molecule has 1 unspecified atom stereocenters. The maximum Gasteiger partial charge on any atom is 0.227 e. The first-order valence-electron chi connectivity index (χ1n) is 8.61. The first kappa shape index (κ1) is 22.2. The van der Waals surface area contributed by atoms with Crippen molar-refractivity contribution >= 4 is 30.7 Å². The summed E-state index contributed by atoms with van der Waals surface area (Å²) in [4.78, 5) is 17.1. The molecule has 2 heterocycles. The van der Waals surface area contributed by atoms with E-state index in [0.717, 1.165) is 57.7 Å². The molecule has 0 radical (unpaired) electrons. The van der Waals surface area contributed by atoms with Crippen LogP contribution in [0.2, 0.25) is 0 Å². The molecule has 7 heteroatoms. The minimum absolute atomic E-state index is 0. The van der Waals surface area contributed by atoms with Crippen molar-refractivity contribution in [2.45, 2.75) is 32.4 Å². The number of halogens is 3. The Morgan fingerprint density at radius 2 is 2.12 bits per heavy atom. The average molecular weight is 392 g/mol. The fourth-order valence-corrected chi connectivity index (χ4v) is 3.70. The molecule has 1 amide bonds. The number of piperidine rings is 1. The number of rotatable bonds is 3. The molecule has 0 aromatic heterocycles. The van der Waals surface area contributed by atoms with Crippen LogP contribution in [0.1, 0.15) is 25.3 Å². The minimum atomic E-state index is -0.193. The second kappa shape index (κ2) is 10.3. The highest BCUT2D eigenvalue weighted by atomic mass is 35.5. The number of nitrogens with one attached hydrogen (secondary N) is 1. The van der Waals surface area contributed by atoms with E-state index >= 15 is 0 Å². The molecule has 1 aromatic carbocycles. The topological polar surface area (TPSA) is 35.6 Å². The van der Waals surface area contributed by atoms with Gasteiger partial charge in [0, 0.05) is 38.8 Å². The fraction of sp³-hybridized carbons (Fsp3) is 0.611. The summed E-state index contributed by atoms with van der Waals surface area (Å²) in [6.45, 7) is 7.17. The van der Waals surface area contributed by atoms with Gasteiger partial charge in [0.2, 0.25) is 5.91 Å². The number of hydrogen-bond acceptors (Lipinski definition) is 3. The first-order chi connectivity index (χ1) is 11.1. The molecule has 1 aromatic rings. The third-order valence-corrected chi connectivity index (χ3v) is 4.93. The van der Waals surface area contributed by atoms with E-state index in [1.807, 2.05) is 11.0 Å². The highest BCUT2D eigenvalue weighted by Crippen LogP contribution is 2.22. The number of likely N-dealkylation sites (tertiary alicyclic amines) is 1. The Morgan fingerprint density at radius 1 is 1.32 bits per heavy atom. The molecule has 2 atom stereocenters. The molecule has 2 saturated heterocycles. The van der Waals surface area contributed by atoms with E-state index in [1.165, 1.54) is 6.07 Å². The van der Waals surface area contributed by atoms with Crippen molar-refractivity contribution in [2.24, 2.45) is 5.92 Å². The van der Waals surface area contributed by atoms with Crippen molar-refractivity contribution in [3.05, 3.63) is 35.6 Å². The van der Waals surface area contributed by atoms with Crippen LogP contribution in [0, 0.1) is 11.7 Å². The highest BCUT2D eigenvalue weighted by molar-refractivity contribution is 5.85. The quantitative estimate of drug-likeness (QED) is 0.859. The third-order valence-electron chi connectivity index (χ3n) is 4.93. The Balaban J connectivity index is 0.00000156. The Bertz CT molecular complexity index is 561. The van der Waals surface area contributed by atoms with Gasteiger partial charge >= 0.3 is 0 Å². The second-order valence-corrected chi connectivity index (χ2v) is 6.79.